The summed E-state index contributed by atoms with van der Waals surface area (Å²) in [6.07, 6.45) is 31.0. The van der Waals surface area contributed by atoms with E-state index in [1.54, 1.807) is 0 Å². The first kappa shape index (κ1) is 22.2. The SMILES string of the molecule is CCCCC/C=C/C/C=C/C/C=C/C/C=C/C/C=C/CCC(=O)[O-]. The van der Waals surface area contributed by atoms with Crippen LogP contribution in [0.3, 0.4) is 0 Å². The summed E-state index contributed by atoms with van der Waals surface area (Å²) < 4.78 is 0. The maximum atomic E-state index is 10.2. The molecule has 0 aromatic heterocycles. The zero-order chi connectivity index (χ0) is 17.7. The fourth-order valence-electron chi connectivity index (χ4n) is 2.03. The number of allylic oxidation sites excluding steroid dienone is 10. The molecule has 0 fully saturated rings. The summed E-state index contributed by atoms with van der Waals surface area (Å²) in [7, 11) is 0. The molecule has 134 valence electrons. The molecule has 0 heterocycles. The number of carbonyl (C=O) groups is 1. The number of carboxylic acids is 1. The number of aliphatic carboxylic acids is 1. The molecule has 0 amide bonds. The normalized spacial score (nSPS) is 12.7. The van der Waals surface area contributed by atoms with E-state index in [1.165, 1.54) is 25.7 Å². The number of unbranched alkanes of at least 4 members (excludes halogenated alkanes) is 3. The van der Waals surface area contributed by atoms with Crippen molar-refractivity contribution in [1.82, 2.24) is 0 Å². The third kappa shape index (κ3) is 20.2. The van der Waals surface area contributed by atoms with E-state index in [4.69, 9.17) is 0 Å². The molecular weight excluding hydrogens is 296 g/mol. The van der Waals surface area contributed by atoms with E-state index < -0.39 is 5.97 Å². The highest BCUT2D eigenvalue weighted by Gasteiger charge is 1.82. The van der Waals surface area contributed by atoms with Crippen LogP contribution in [-0.2, 0) is 4.79 Å². The van der Waals surface area contributed by atoms with E-state index >= 15 is 0 Å². The molecule has 0 aromatic rings. The van der Waals surface area contributed by atoms with Crippen molar-refractivity contribution in [3.8, 4) is 0 Å². The molecule has 0 aliphatic carbocycles. The molecule has 0 aliphatic heterocycles. The largest absolute Gasteiger partial charge is 0.550 e. The Morgan fingerprint density at radius 1 is 0.667 bits per heavy atom. The summed E-state index contributed by atoms with van der Waals surface area (Å²) in [5.41, 5.74) is 0. The molecule has 0 aromatic carbocycles. The average Bonchev–Trinajstić information content (AvgIpc) is 2.56. The molecule has 0 saturated carbocycles. The summed E-state index contributed by atoms with van der Waals surface area (Å²) in [4.78, 5) is 10.2. The van der Waals surface area contributed by atoms with Gasteiger partial charge in [-0.05, 0) is 51.4 Å². The van der Waals surface area contributed by atoms with E-state index in [9.17, 15) is 9.90 Å². The van der Waals surface area contributed by atoms with Crippen molar-refractivity contribution < 1.29 is 9.90 Å². The van der Waals surface area contributed by atoms with Gasteiger partial charge >= 0.3 is 0 Å². The molecule has 0 spiro atoms. The van der Waals surface area contributed by atoms with Gasteiger partial charge in [0.15, 0.2) is 0 Å². The van der Waals surface area contributed by atoms with Gasteiger partial charge in [0, 0.05) is 5.97 Å². The lowest BCUT2D eigenvalue weighted by atomic mass is 10.2. The van der Waals surface area contributed by atoms with Gasteiger partial charge in [0.2, 0.25) is 0 Å². The standard InChI is InChI=1S/C22H34O2/c1-2-3-4-5-6-7-8-9-10-11-12-13-14-15-16-17-18-19-20-21-22(23)24/h6-7,9-10,12-13,15-16,18-19H,2-5,8,11,14,17,20-21H2,1H3,(H,23,24)/p-1/b7-6+,10-9+,13-12+,16-15+,19-18+. The number of hydrogen-bond acceptors (Lipinski definition) is 2. The van der Waals surface area contributed by atoms with Crippen LogP contribution in [0.25, 0.3) is 0 Å². The molecule has 0 bridgehead atoms. The Bertz CT molecular complexity index is 425. The van der Waals surface area contributed by atoms with Crippen molar-refractivity contribution in [3.05, 3.63) is 60.8 Å². The summed E-state index contributed by atoms with van der Waals surface area (Å²) in [6.45, 7) is 2.23. The Morgan fingerprint density at radius 2 is 1.08 bits per heavy atom. The minimum atomic E-state index is -0.989. The Balaban J connectivity index is 3.46. The highest BCUT2D eigenvalue weighted by atomic mass is 16.4. The molecule has 0 atom stereocenters. The first-order valence-corrected chi connectivity index (χ1v) is 9.22. The Hall–Kier alpha value is -1.83. The highest BCUT2D eigenvalue weighted by molar-refractivity contribution is 5.64. The molecule has 0 rings (SSSR count). The quantitative estimate of drug-likeness (QED) is 0.296. The van der Waals surface area contributed by atoms with Crippen LogP contribution in [0.1, 0.15) is 71.1 Å². The third-order valence-corrected chi connectivity index (χ3v) is 3.41. The molecule has 0 aliphatic rings. The van der Waals surface area contributed by atoms with Crippen LogP contribution < -0.4 is 5.11 Å². The Kier molecular flexibility index (Phi) is 17.8. The lowest BCUT2D eigenvalue weighted by Gasteiger charge is -1.95. The van der Waals surface area contributed by atoms with Gasteiger partial charge in [-0.2, -0.15) is 0 Å². The monoisotopic (exact) mass is 329 g/mol. The molecule has 24 heavy (non-hydrogen) atoms. The van der Waals surface area contributed by atoms with Crippen LogP contribution in [0.15, 0.2) is 60.8 Å². The Labute approximate surface area is 148 Å². The van der Waals surface area contributed by atoms with Gasteiger partial charge in [0.25, 0.3) is 0 Å². The molecule has 0 N–H and O–H groups in total. The summed E-state index contributed by atoms with van der Waals surface area (Å²) >= 11 is 0. The number of rotatable bonds is 15. The average molecular weight is 330 g/mol. The van der Waals surface area contributed by atoms with Gasteiger partial charge in [-0.1, -0.05) is 80.5 Å². The second-order valence-electron chi connectivity index (χ2n) is 5.71. The van der Waals surface area contributed by atoms with Crippen molar-refractivity contribution >= 4 is 5.97 Å². The highest BCUT2D eigenvalue weighted by Crippen LogP contribution is 2.01. The maximum absolute atomic E-state index is 10.2. The van der Waals surface area contributed by atoms with Crippen LogP contribution in [0, 0.1) is 0 Å². The second-order valence-corrected chi connectivity index (χ2v) is 5.71. The second kappa shape index (κ2) is 19.2. The van der Waals surface area contributed by atoms with E-state index in [1.807, 2.05) is 12.2 Å². The molecule has 0 saturated heterocycles. The number of carbonyl (C=O) groups excluding carboxylic acids is 1. The molecule has 0 unspecified atom stereocenters. The first-order valence-electron chi connectivity index (χ1n) is 9.22. The zero-order valence-corrected chi connectivity index (χ0v) is 15.2. The summed E-state index contributed by atoms with van der Waals surface area (Å²) in [5, 5.41) is 10.2. The minimum Gasteiger partial charge on any atom is -0.550 e. The molecular formula is C22H33O2-. The van der Waals surface area contributed by atoms with E-state index in [2.05, 4.69) is 55.5 Å². The van der Waals surface area contributed by atoms with Crippen LogP contribution in [-0.4, -0.2) is 5.97 Å². The van der Waals surface area contributed by atoms with Crippen LogP contribution in [0.5, 0.6) is 0 Å². The van der Waals surface area contributed by atoms with Crippen molar-refractivity contribution in [1.29, 1.82) is 0 Å². The fraction of sp³-hybridized carbons (Fsp3) is 0.500. The van der Waals surface area contributed by atoms with Gasteiger partial charge in [-0.25, -0.2) is 0 Å². The minimum absolute atomic E-state index is 0.102. The molecule has 0 radical (unpaired) electrons. The van der Waals surface area contributed by atoms with E-state index in [0.717, 1.165) is 25.7 Å². The van der Waals surface area contributed by atoms with Crippen molar-refractivity contribution in [3.63, 3.8) is 0 Å². The van der Waals surface area contributed by atoms with Crippen LogP contribution in [0.4, 0.5) is 0 Å². The Morgan fingerprint density at radius 3 is 1.50 bits per heavy atom. The predicted octanol–water partition coefficient (Wildman–Crippen LogP) is 5.44. The fourth-order valence-corrected chi connectivity index (χ4v) is 2.03. The zero-order valence-electron chi connectivity index (χ0n) is 15.2. The topological polar surface area (TPSA) is 40.1 Å². The third-order valence-electron chi connectivity index (χ3n) is 3.41. The van der Waals surface area contributed by atoms with Gasteiger partial charge in [0.05, 0.1) is 0 Å². The van der Waals surface area contributed by atoms with Gasteiger partial charge < -0.3 is 9.90 Å². The van der Waals surface area contributed by atoms with E-state index in [0.29, 0.717) is 6.42 Å². The van der Waals surface area contributed by atoms with Gasteiger partial charge in [-0.3, -0.25) is 0 Å². The van der Waals surface area contributed by atoms with Crippen molar-refractivity contribution in [2.45, 2.75) is 71.1 Å². The predicted molar refractivity (Wildman–Crippen MR) is 103 cm³/mol. The van der Waals surface area contributed by atoms with Crippen molar-refractivity contribution in [2.24, 2.45) is 0 Å². The molecule has 2 heteroatoms. The first-order chi connectivity index (χ1) is 11.8. The number of hydrogen-bond donors (Lipinski definition) is 0. The lowest BCUT2D eigenvalue weighted by Crippen LogP contribution is -2.21. The van der Waals surface area contributed by atoms with Crippen LogP contribution in [0.2, 0.25) is 0 Å². The lowest BCUT2D eigenvalue weighted by molar-refractivity contribution is -0.305. The van der Waals surface area contributed by atoms with Crippen molar-refractivity contribution in [2.75, 3.05) is 0 Å². The van der Waals surface area contributed by atoms with E-state index in [-0.39, 0.29) is 6.42 Å². The van der Waals surface area contributed by atoms with Gasteiger partial charge in [-0.15, -0.1) is 0 Å². The molecule has 2 nitrogen and oxygen atoms in total. The summed E-state index contributed by atoms with van der Waals surface area (Å²) in [6, 6.07) is 0. The smallest absolute Gasteiger partial charge is 0.0417 e. The number of carboxylic acid groups (broad SMARTS) is 1. The summed E-state index contributed by atoms with van der Waals surface area (Å²) in [5.74, 6) is -0.989. The maximum Gasteiger partial charge on any atom is 0.0417 e. The van der Waals surface area contributed by atoms with Gasteiger partial charge in [0.1, 0.15) is 0 Å². The van der Waals surface area contributed by atoms with Crippen LogP contribution >= 0.6 is 0 Å².